The number of aryl methyl sites for hydroxylation is 1. The molecule has 106 valence electrons. The van der Waals surface area contributed by atoms with Crippen LogP contribution >= 0.6 is 0 Å². The summed E-state index contributed by atoms with van der Waals surface area (Å²) in [6.07, 6.45) is 0. The first-order chi connectivity index (χ1) is 9.65. The average Bonchev–Trinajstić information content (AvgIpc) is 2.47. The van der Waals surface area contributed by atoms with E-state index in [4.69, 9.17) is 9.47 Å². The molecule has 0 aliphatic rings. The molecule has 4 nitrogen and oxygen atoms in total. The fourth-order valence-corrected chi connectivity index (χ4v) is 2.01. The number of phenols is 1. The molecule has 0 amide bonds. The van der Waals surface area contributed by atoms with E-state index < -0.39 is 0 Å². The van der Waals surface area contributed by atoms with E-state index in [0.29, 0.717) is 12.3 Å². The second-order valence-electron chi connectivity index (χ2n) is 4.53. The maximum Gasteiger partial charge on any atom is 0.162 e. The highest BCUT2D eigenvalue weighted by atomic mass is 16.5. The lowest BCUT2D eigenvalue weighted by Gasteiger charge is -2.13. The van der Waals surface area contributed by atoms with Gasteiger partial charge in [-0.2, -0.15) is 0 Å². The minimum absolute atomic E-state index is 0.161. The largest absolute Gasteiger partial charge is 0.504 e. The zero-order valence-electron chi connectivity index (χ0n) is 11.9. The third kappa shape index (κ3) is 2.96. The smallest absolute Gasteiger partial charge is 0.162 e. The maximum atomic E-state index is 10.0. The first-order valence-corrected chi connectivity index (χ1v) is 6.39. The van der Waals surface area contributed by atoms with Gasteiger partial charge >= 0.3 is 0 Å². The highest BCUT2D eigenvalue weighted by Gasteiger charge is 2.08. The maximum absolute atomic E-state index is 10.0. The van der Waals surface area contributed by atoms with Crippen LogP contribution in [0.25, 0.3) is 0 Å². The van der Waals surface area contributed by atoms with E-state index in [2.05, 4.69) is 5.32 Å². The van der Waals surface area contributed by atoms with Gasteiger partial charge in [-0.1, -0.05) is 18.2 Å². The predicted molar refractivity (Wildman–Crippen MR) is 79.7 cm³/mol. The van der Waals surface area contributed by atoms with Gasteiger partial charge in [0.05, 0.1) is 19.9 Å². The summed E-state index contributed by atoms with van der Waals surface area (Å²) >= 11 is 0. The van der Waals surface area contributed by atoms with Gasteiger partial charge in [-0.05, 0) is 30.7 Å². The van der Waals surface area contributed by atoms with Crippen molar-refractivity contribution in [2.75, 3.05) is 19.5 Å². The van der Waals surface area contributed by atoms with Gasteiger partial charge in [0.15, 0.2) is 11.5 Å². The predicted octanol–water partition coefficient (Wildman–Crippen LogP) is 3.33. The van der Waals surface area contributed by atoms with Gasteiger partial charge in [-0.3, -0.25) is 0 Å². The molecule has 0 bridgehead atoms. The molecule has 0 spiro atoms. The molecular weight excluding hydrogens is 254 g/mol. The number of phenolic OH excluding ortho intramolecular Hbond substituents is 1. The number of ether oxygens (including phenoxy) is 2. The van der Waals surface area contributed by atoms with E-state index >= 15 is 0 Å². The fraction of sp³-hybridized carbons (Fsp3) is 0.250. The van der Waals surface area contributed by atoms with Crippen molar-refractivity contribution in [2.45, 2.75) is 13.5 Å². The number of nitrogens with one attached hydrogen (secondary N) is 1. The fourth-order valence-electron chi connectivity index (χ4n) is 2.01. The van der Waals surface area contributed by atoms with Crippen LogP contribution in [-0.2, 0) is 6.54 Å². The lowest BCUT2D eigenvalue weighted by Crippen LogP contribution is -2.02. The molecule has 0 saturated carbocycles. The summed E-state index contributed by atoms with van der Waals surface area (Å²) in [7, 11) is 3.18. The monoisotopic (exact) mass is 273 g/mol. The van der Waals surface area contributed by atoms with Crippen molar-refractivity contribution < 1.29 is 14.6 Å². The van der Waals surface area contributed by atoms with Crippen molar-refractivity contribution in [2.24, 2.45) is 0 Å². The van der Waals surface area contributed by atoms with Crippen molar-refractivity contribution in [1.29, 1.82) is 0 Å². The van der Waals surface area contributed by atoms with Crippen LogP contribution in [0.4, 0.5) is 5.69 Å². The summed E-state index contributed by atoms with van der Waals surface area (Å²) in [6, 6.07) is 11.4. The van der Waals surface area contributed by atoms with Crippen molar-refractivity contribution in [1.82, 2.24) is 0 Å². The number of methoxy groups -OCH3 is 2. The Hall–Kier alpha value is -2.36. The first-order valence-electron chi connectivity index (χ1n) is 6.39. The summed E-state index contributed by atoms with van der Waals surface area (Å²) in [5.41, 5.74) is 2.80. The SMILES string of the molecule is COc1cc(C)ccc1NCc1cccc(OC)c1O. The third-order valence-corrected chi connectivity index (χ3v) is 3.13. The molecule has 0 radical (unpaired) electrons. The van der Waals surface area contributed by atoms with Gasteiger partial charge in [-0.25, -0.2) is 0 Å². The molecule has 2 aromatic rings. The Balaban J connectivity index is 2.17. The number of para-hydroxylation sites is 1. The second kappa shape index (κ2) is 6.19. The van der Waals surface area contributed by atoms with E-state index in [1.807, 2.05) is 37.3 Å². The molecule has 0 heterocycles. The normalized spacial score (nSPS) is 10.2. The highest BCUT2D eigenvalue weighted by Crippen LogP contribution is 2.31. The summed E-state index contributed by atoms with van der Waals surface area (Å²) in [5, 5.41) is 13.3. The molecule has 0 saturated heterocycles. The molecule has 4 heteroatoms. The van der Waals surface area contributed by atoms with Crippen LogP contribution in [-0.4, -0.2) is 19.3 Å². The number of rotatable bonds is 5. The molecular formula is C16H19NO3. The summed E-state index contributed by atoms with van der Waals surface area (Å²) < 4.78 is 10.4. The number of hydrogen-bond acceptors (Lipinski definition) is 4. The summed E-state index contributed by atoms with van der Waals surface area (Å²) in [6.45, 7) is 2.50. The molecule has 0 unspecified atom stereocenters. The van der Waals surface area contributed by atoms with Gasteiger partial charge in [0, 0.05) is 12.1 Å². The van der Waals surface area contributed by atoms with Gasteiger partial charge in [0.1, 0.15) is 5.75 Å². The lowest BCUT2D eigenvalue weighted by atomic mass is 10.1. The van der Waals surface area contributed by atoms with E-state index in [1.165, 1.54) is 7.11 Å². The Kier molecular flexibility index (Phi) is 4.35. The third-order valence-electron chi connectivity index (χ3n) is 3.13. The van der Waals surface area contributed by atoms with Crippen molar-refractivity contribution in [3.05, 3.63) is 47.5 Å². The molecule has 2 N–H and O–H groups in total. The van der Waals surface area contributed by atoms with E-state index in [1.54, 1.807) is 13.2 Å². The first kappa shape index (κ1) is 14.1. The zero-order chi connectivity index (χ0) is 14.5. The quantitative estimate of drug-likeness (QED) is 0.877. The van der Waals surface area contributed by atoms with Crippen LogP contribution in [0, 0.1) is 6.92 Å². The second-order valence-corrected chi connectivity index (χ2v) is 4.53. The summed E-state index contributed by atoms with van der Waals surface area (Å²) in [5.74, 6) is 1.42. The highest BCUT2D eigenvalue weighted by molar-refractivity contribution is 5.58. The topological polar surface area (TPSA) is 50.7 Å². The van der Waals surface area contributed by atoms with Gasteiger partial charge in [0.2, 0.25) is 0 Å². The Labute approximate surface area is 119 Å². The van der Waals surface area contributed by atoms with Crippen molar-refractivity contribution in [3.63, 3.8) is 0 Å². The van der Waals surface area contributed by atoms with E-state index in [9.17, 15) is 5.11 Å². The van der Waals surface area contributed by atoms with Crippen LogP contribution in [0.2, 0.25) is 0 Å². The van der Waals surface area contributed by atoms with Crippen molar-refractivity contribution in [3.8, 4) is 17.2 Å². The minimum atomic E-state index is 0.161. The average molecular weight is 273 g/mol. The molecule has 0 atom stereocenters. The van der Waals surface area contributed by atoms with E-state index in [-0.39, 0.29) is 5.75 Å². The molecule has 2 aromatic carbocycles. The zero-order valence-corrected chi connectivity index (χ0v) is 11.9. The van der Waals surface area contributed by atoms with Gasteiger partial charge in [-0.15, -0.1) is 0 Å². The Morgan fingerprint density at radius 3 is 2.50 bits per heavy atom. The Morgan fingerprint density at radius 1 is 1.05 bits per heavy atom. The van der Waals surface area contributed by atoms with Crippen LogP contribution in [0.5, 0.6) is 17.2 Å². The number of benzene rings is 2. The molecule has 0 aliphatic heterocycles. The van der Waals surface area contributed by atoms with Crippen LogP contribution in [0.15, 0.2) is 36.4 Å². The number of hydrogen-bond donors (Lipinski definition) is 2. The van der Waals surface area contributed by atoms with E-state index in [0.717, 1.165) is 22.6 Å². The molecule has 0 aromatic heterocycles. The molecule has 0 aliphatic carbocycles. The van der Waals surface area contributed by atoms with Crippen LogP contribution < -0.4 is 14.8 Å². The van der Waals surface area contributed by atoms with Crippen LogP contribution in [0.3, 0.4) is 0 Å². The van der Waals surface area contributed by atoms with Gasteiger partial charge in [0.25, 0.3) is 0 Å². The lowest BCUT2D eigenvalue weighted by molar-refractivity contribution is 0.371. The van der Waals surface area contributed by atoms with Crippen LogP contribution in [0.1, 0.15) is 11.1 Å². The molecule has 2 rings (SSSR count). The summed E-state index contributed by atoms with van der Waals surface area (Å²) in [4.78, 5) is 0. The Bertz CT molecular complexity index is 596. The minimum Gasteiger partial charge on any atom is -0.504 e. The van der Waals surface area contributed by atoms with Crippen molar-refractivity contribution >= 4 is 5.69 Å². The molecule has 0 fully saturated rings. The number of anilines is 1. The van der Waals surface area contributed by atoms with Gasteiger partial charge < -0.3 is 19.9 Å². The Morgan fingerprint density at radius 2 is 1.80 bits per heavy atom. The number of aromatic hydroxyl groups is 1. The standard InChI is InChI=1S/C16H19NO3/c1-11-7-8-13(15(9-11)20-3)17-10-12-5-4-6-14(19-2)16(12)18/h4-9,17-18H,10H2,1-3H3. The molecule has 20 heavy (non-hydrogen) atoms.